The smallest absolute Gasteiger partial charge is 0.345 e. The van der Waals surface area contributed by atoms with Crippen molar-refractivity contribution in [2.75, 3.05) is 13.7 Å². The Morgan fingerprint density at radius 2 is 1.67 bits per heavy atom. The number of hydrogen-bond donors (Lipinski definition) is 1. The topological polar surface area (TPSA) is 86.2 Å². The van der Waals surface area contributed by atoms with Crippen molar-refractivity contribution < 1.29 is 23.8 Å². The van der Waals surface area contributed by atoms with Crippen LogP contribution in [0.4, 0.5) is 0 Å². The number of benzene rings is 3. The van der Waals surface area contributed by atoms with Crippen molar-refractivity contribution in [3.05, 3.63) is 86.9 Å². The molecule has 1 amide bonds. The summed E-state index contributed by atoms with van der Waals surface area (Å²) in [5.41, 5.74) is 3.11. The number of carbonyl (C=O) groups excluding carboxylic acids is 2. The van der Waals surface area contributed by atoms with Gasteiger partial charge in [0.15, 0.2) is 18.1 Å². The van der Waals surface area contributed by atoms with Gasteiger partial charge >= 0.3 is 5.97 Å². The Bertz CT molecular complexity index is 1180. The lowest BCUT2D eigenvalue weighted by molar-refractivity contribution is -0.123. The lowest BCUT2D eigenvalue weighted by atomic mass is 10.2. The summed E-state index contributed by atoms with van der Waals surface area (Å²) in [4.78, 5) is 24.3. The number of hydrazone groups is 1. The maximum atomic E-state index is 12.4. The third kappa shape index (κ3) is 7.12. The van der Waals surface area contributed by atoms with Gasteiger partial charge < -0.3 is 14.2 Å². The monoisotopic (exact) mass is 506 g/mol. The highest BCUT2D eigenvalue weighted by atomic mass is 35.5. The first kappa shape index (κ1) is 24.4. The van der Waals surface area contributed by atoms with E-state index in [1.807, 2.05) is 0 Å². The second-order valence-electron chi connectivity index (χ2n) is 6.46. The molecule has 10 heteroatoms. The van der Waals surface area contributed by atoms with E-state index in [9.17, 15) is 9.59 Å². The van der Waals surface area contributed by atoms with E-state index in [2.05, 4.69) is 10.5 Å². The number of nitrogens with zero attached hydrogens (tertiary/aromatic N) is 1. The molecule has 7 nitrogen and oxygen atoms in total. The molecule has 170 valence electrons. The van der Waals surface area contributed by atoms with Gasteiger partial charge in [-0.05, 0) is 66.2 Å². The number of ether oxygens (including phenoxy) is 3. The highest BCUT2D eigenvalue weighted by Gasteiger charge is 2.16. The molecule has 33 heavy (non-hydrogen) atoms. The van der Waals surface area contributed by atoms with Crippen LogP contribution in [0.3, 0.4) is 0 Å². The Morgan fingerprint density at radius 1 is 0.939 bits per heavy atom. The van der Waals surface area contributed by atoms with Gasteiger partial charge in [0.1, 0.15) is 5.75 Å². The van der Waals surface area contributed by atoms with Gasteiger partial charge in [-0.2, -0.15) is 5.10 Å². The van der Waals surface area contributed by atoms with Gasteiger partial charge in [0.2, 0.25) is 0 Å². The van der Waals surface area contributed by atoms with E-state index in [0.717, 1.165) is 0 Å². The van der Waals surface area contributed by atoms with Crippen LogP contribution in [0.5, 0.6) is 17.2 Å². The highest BCUT2D eigenvalue weighted by molar-refractivity contribution is 6.36. The van der Waals surface area contributed by atoms with Crippen LogP contribution < -0.4 is 19.6 Å². The molecule has 0 bridgehead atoms. The Labute approximate surface area is 204 Å². The molecule has 0 aromatic heterocycles. The molecule has 1 N–H and O–H groups in total. The molecule has 3 aromatic carbocycles. The molecule has 0 radical (unpaired) electrons. The van der Waals surface area contributed by atoms with Crippen molar-refractivity contribution >= 4 is 52.9 Å². The standard InChI is InChI=1S/C23H17Cl3N2O5/c1-31-21-10-14(12-27-28-22(29)13-32-17-6-3-15(24)4-7-17)2-9-20(21)33-23(30)18-8-5-16(25)11-19(18)26/h2-12H,13H2,1H3,(H,28,29)/b27-12+. The van der Waals surface area contributed by atoms with Crippen LogP contribution in [0.2, 0.25) is 15.1 Å². The van der Waals surface area contributed by atoms with Crippen molar-refractivity contribution in [3.63, 3.8) is 0 Å². The van der Waals surface area contributed by atoms with Gasteiger partial charge in [-0.1, -0.05) is 34.8 Å². The molecule has 0 spiro atoms. The summed E-state index contributed by atoms with van der Waals surface area (Å²) in [7, 11) is 1.43. The van der Waals surface area contributed by atoms with Gasteiger partial charge in [0.05, 0.1) is 23.9 Å². The highest BCUT2D eigenvalue weighted by Crippen LogP contribution is 2.30. The quantitative estimate of drug-likeness (QED) is 0.191. The van der Waals surface area contributed by atoms with E-state index in [0.29, 0.717) is 21.4 Å². The lowest BCUT2D eigenvalue weighted by Crippen LogP contribution is -2.24. The predicted molar refractivity (Wildman–Crippen MR) is 127 cm³/mol. The van der Waals surface area contributed by atoms with Crippen LogP contribution in [0, 0.1) is 0 Å². The predicted octanol–water partition coefficient (Wildman–Crippen LogP) is 5.40. The normalized spacial score (nSPS) is 10.7. The summed E-state index contributed by atoms with van der Waals surface area (Å²) in [5, 5.41) is 5.03. The lowest BCUT2D eigenvalue weighted by Gasteiger charge is -2.10. The number of hydrogen-bond acceptors (Lipinski definition) is 6. The number of halogens is 3. The molecule has 0 aliphatic rings. The number of carbonyl (C=O) groups is 2. The maximum Gasteiger partial charge on any atom is 0.345 e. The molecule has 0 heterocycles. The molecule has 0 saturated heterocycles. The number of esters is 1. The Kier molecular flexibility index (Phi) is 8.54. The number of nitrogens with one attached hydrogen (secondary N) is 1. The number of amides is 1. The zero-order valence-electron chi connectivity index (χ0n) is 17.2. The first-order chi connectivity index (χ1) is 15.9. The van der Waals surface area contributed by atoms with Crippen molar-refractivity contribution in [2.45, 2.75) is 0 Å². The third-order valence-electron chi connectivity index (χ3n) is 4.13. The summed E-state index contributed by atoms with van der Waals surface area (Å²) in [6, 6.07) is 15.8. The van der Waals surface area contributed by atoms with Crippen LogP contribution in [0.15, 0.2) is 65.8 Å². The van der Waals surface area contributed by atoms with Gasteiger partial charge in [-0.15, -0.1) is 0 Å². The third-order valence-corrected chi connectivity index (χ3v) is 4.93. The van der Waals surface area contributed by atoms with Crippen LogP contribution in [0.1, 0.15) is 15.9 Å². The molecular weight excluding hydrogens is 491 g/mol. The number of methoxy groups -OCH3 is 1. The van der Waals surface area contributed by atoms with E-state index in [4.69, 9.17) is 49.0 Å². The Hall–Kier alpha value is -3.26. The van der Waals surface area contributed by atoms with Crippen LogP contribution in [-0.2, 0) is 4.79 Å². The fourth-order valence-corrected chi connectivity index (χ4v) is 3.16. The zero-order chi connectivity index (χ0) is 23.8. The van der Waals surface area contributed by atoms with E-state index < -0.39 is 11.9 Å². The minimum atomic E-state index is -0.663. The SMILES string of the molecule is COc1cc(/C=N/NC(=O)COc2ccc(Cl)cc2)ccc1OC(=O)c1ccc(Cl)cc1Cl. The van der Waals surface area contributed by atoms with E-state index in [1.54, 1.807) is 36.4 Å². The minimum Gasteiger partial charge on any atom is -0.493 e. The van der Waals surface area contributed by atoms with Crippen LogP contribution in [-0.4, -0.2) is 31.8 Å². The molecular formula is C23H17Cl3N2O5. The first-order valence-electron chi connectivity index (χ1n) is 9.41. The minimum absolute atomic E-state index is 0.164. The maximum absolute atomic E-state index is 12.4. The van der Waals surface area contributed by atoms with E-state index in [1.165, 1.54) is 37.6 Å². The van der Waals surface area contributed by atoms with Crippen LogP contribution >= 0.6 is 34.8 Å². The fraction of sp³-hybridized carbons (Fsp3) is 0.0870. The molecule has 3 rings (SSSR count). The van der Waals surface area contributed by atoms with Crippen LogP contribution in [0.25, 0.3) is 0 Å². The van der Waals surface area contributed by atoms with E-state index >= 15 is 0 Å². The molecule has 0 saturated carbocycles. The van der Waals surface area contributed by atoms with Crippen molar-refractivity contribution in [1.82, 2.24) is 5.43 Å². The second-order valence-corrected chi connectivity index (χ2v) is 7.74. The summed E-state index contributed by atoms with van der Waals surface area (Å²) in [5.74, 6) is -0.128. The van der Waals surface area contributed by atoms with Gasteiger partial charge in [-0.25, -0.2) is 10.2 Å². The summed E-state index contributed by atoms with van der Waals surface area (Å²) < 4.78 is 16.0. The van der Waals surface area contributed by atoms with Gasteiger partial charge in [-0.3, -0.25) is 4.79 Å². The van der Waals surface area contributed by atoms with Gasteiger partial charge in [0.25, 0.3) is 5.91 Å². The fourth-order valence-electron chi connectivity index (χ4n) is 2.55. The van der Waals surface area contributed by atoms with E-state index in [-0.39, 0.29) is 28.7 Å². The molecule has 0 aliphatic carbocycles. The second kappa shape index (κ2) is 11.6. The van der Waals surface area contributed by atoms with Crippen molar-refractivity contribution in [3.8, 4) is 17.2 Å². The average Bonchev–Trinajstić information content (AvgIpc) is 2.79. The molecule has 0 aliphatic heterocycles. The molecule has 0 unspecified atom stereocenters. The van der Waals surface area contributed by atoms with Crippen molar-refractivity contribution in [1.29, 1.82) is 0 Å². The average molecular weight is 508 g/mol. The molecule has 0 atom stereocenters. The Balaban J connectivity index is 1.58. The summed E-state index contributed by atoms with van der Waals surface area (Å²) in [6.45, 7) is -0.218. The molecule has 3 aromatic rings. The van der Waals surface area contributed by atoms with Gasteiger partial charge in [0, 0.05) is 10.0 Å². The Morgan fingerprint density at radius 3 is 2.36 bits per heavy atom. The number of rotatable bonds is 8. The largest absolute Gasteiger partial charge is 0.493 e. The molecule has 0 fully saturated rings. The summed E-state index contributed by atoms with van der Waals surface area (Å²) >= 11 is 17.7. The van der Waals surface area contributed by atoms with Crippen molar-refractivity contribution in [2.24, 2.45) is 5.10 Å². The zero-order valence-corrected chi connectivity index (χ0v) is 19.4. The summed E-state index contributed by atoms with van der Waals surface area (Å²) in [6.07, 6.45) is 1.41. The first-order valence-corrected chi connectivity index (χ1v) is 10.5.